The number of ether oxygens (including phenoxy) is 1. The lowest BCUT2D eigenvalue weighted by atomic mass is 9.95. The van der Waals surface area contributed by atoms with Gasteiger partial charge in [0.05, 0.1) is 5.92 Å². The van der Waals surface area contributed by atoms with E-state index in [-0.39, 0.29) is 0 Å². The van der Waals surface area contributed by atoms with Crippen LogP contribution in [0.3, 0.4) is 0 Å². The van der Waals surface area contributed by atoms with Gasteiger partial charge in [0.1, 0.15) is 5.60 Å². The van der Waals surface area contributed by atoms with E-state index >= 15 is 0 Å². The van der Waals surface area contributed by atoms with Crippen LogP contribution in [0.25, 0.3) is 0 Å². The third-order valence-electron chi connectivity index (χ3n) is 3.07. The van der Waals surface area contributed by atoms with E-state index in [9.17, 15) is 14.7 Å². The summed E-state index contributed by atoms with van der Waals surface area (Å²) in [6, 6.07) is 9.56. The molecule has 1 aromatic rings. The highest BCUT2D eigenvalue weighted by molar-refractivity contribution is 5.70. The molecule has 0 saturated carbocycles. The zero-order valence-corrected chi connectivity index (χ0v) is 13.5. The average Bonchev–Trinajstić information content (AvgIpc) is 2.41. The SMILES string of the molecule is CC(C)(C)OC(=O)NCCCC(Cc1ccccc1)C(=O)O. The molecule has 5 heteroatoms. The number of hydrogen-bond donors (Lipinski definition) is 2. The lowest BCUT2D eigenvalue weighted by molar-refractivity contribution is -0.141. The van der Waals surface area contributed by atoms with Crippen molar-refractivity contribution in [2.45, 2.75) is 45.6 Å². The largest absolute Gasteiger partial charge is 0.481 e. The first-order chi connectivity index (χ1) is 10.3. The number of aliphatic carboxylic acids is 1. The van der Waals surface area contributed by atoms with Crippen LogP contribution < -0.4 is 5.32 Å². The maximum Gasteiger partial charge on any atom is 0.407 e. The van der Waals surface area contributed by atoms with Crippen molar-refractivity contribution in [3.05, 3.63) is 35.9 Å². The maximum atomic E-state index is 11.5. The number of carbonyl (C=O) groups is 2. The van der Waals surface area contributed by atoms with Gasteiger partial charge in [-0.3, -0.25) is 4.79 Å². The molecule has 0 saturated heterocycles. The summed E-state index contributed by atoms with van der Waals surface area (Å²) in [5, 5.41) is 11.9. The van der Waals surface area contributed by atoms with Gasteiger partial charge in [-0.15, -0.1) is 0 Å². The molecular formula is C17H25NO4. The molecule has 1 aromatic carbocycles. The number of carboxylic acids is 1. The predicted octanol–water partition coefficient (Wildman–Crippen LogP) is 3.23. The lowest BCUT2D eigenvalue weighted by Gasteiger charge is -2.20. The summed E-state index contributed by atoms with van der Waals surface area (Å²) in [7, 11) is 0. The molecule has 0 aliphatic carbocycles. The minimum Gasteiger partial charge on any atom is -0.481 e. The van der Waals surface area contributed by atoms with Gasteiger partial charge in [-0.05, 0) is 45.6 Å². The van der Waals surface area contributed by atoms with Gasteiger partial charge >= 0.3 is 12.1 Å². The van der Waals surface area contributed by atoms with Crippen molar-refractivity contribution in [3.8, 4) is 0 Å². The molecule has 0 fully saturated rings. The van der Waals surface area contributed by atoms with E-state index in [2.05, 4.69) is 5.32 Å². The van der Waals surface area contributed by atoms with Crippen LogP contribution in [0.1, 0.15) is 39.2 Å². The van der Waals surface area contributed by atoms with Crippen molar-refractivity contribution in [2.75, 3.05) is 6.54 Å². The topological polar surface area (TPSA) is 75.6 Å². The molecule has 0 spiro atoms. The highest BCUT2D eigenvalue weighted by Gasteiger charge is 2.18. The van der Waals surface area contributed by atoms with Crippen molar-refractivity contribution < 1.29 is 19.4 Å². The second kappa shape index (κ2) is 8.41. The van der Waals surface area contributed by atoms with Crippen LogP contribution in [0.5, 0.6) is 0 Å². The standard InChI is InChI=1S/C17H25NO4/c1-17(2,3)22-16(21)18-11-7-10-14(15(19)20)12-13-8-5-4-6-9-13/h4-6,8-9,14H,7,10-12H2,1-3H3,(H,18,21)(H,19,20). The summed E-state index contributed by atoms with van der Waals surface area (Å²) in [5.41, 5.74) is 0.482. The van der Waals surface area contributed by atoms with Gasteiger partial charge in [-0.1, -0.05) is 30.3 Å². The molecular weight excluding hydrogens is 282 g/mol. The van der Waals surface area contributed by atoms with Gasteiger partial charge < -0.3 is 15.2 Å². The zero-order chi connectivity index (χ0) is 16.6. The number of benzene rings is 1. The van der Waals surface area contributed by atoms with E-state index in [0.717, 1.165) is 5.56 Å². The summed E-state index contributed by atoms with van der Waals surface area (Å²) in [4.78, 5) is 22.8. The molecule has 1 unspecified atom stereocenters. The third kappa shape index (κ3) is 7.67. The number of nitrogens with one attached hydrogen (secondary N) is 1. The quantitative estimate of drug-likeness (QED) is 0.758. The molecule has 0 heterocycles. The molecule has 0 radical (unpaired) electrons. The first-order valence-corrected chi connectivity index (χ1v) is 7.51. The molecule has 1 atom stereocenters. The molecule has 0 aliphatic heterocycles. The van der Waals surface area contributed by atoms with E-state index in [1.54, 1.807) is 20.8 Å². The molecule has 5 nitrogen and oxygen atoms in total. The molecule has 0 aromatic heterocycles. The third-order valence-corrected chi connectivity index (χ3v) is 3.07. The molecule has 1 rings (SSSR count). The van der Waals surface area contributed by atoms with Crippen molar-refractivity contribution in [1.82, 2.24) is 5.32 Å². The fraction of sp³-hybridized carbons (Fsp3) is 0.529. The van der Waals surface area contributed by atoms with Gasteiger partial charge in [0.25, 0.3) is 0 Å². The Kier molecular flexibility index (Phi) is 6.89. The highest BCUT2D eigenvalue weighted by atomic mass is 16.6. The predicted molar refractivity (Wildman–Crippen MR) is 84.7 cm³/mol. The summed E-state index contributed by atoms with van der Waals surface area (Å²) < 4.78 is 5.12. The van der Waals surface area contributed by atoms with Crippen LogP contribution in [0.4, 0.5) is 4.79 Å². The summed E-state index contributed by atoms with van der Waals surface area (Å²) >= 11 is 0. The Morgan fingerprint density at radius 2 is 1.86 bits per heavy atom. The number of rotatable bonds is 7. The Bertz CT molecular complexity index is 479. The minimum atomic E-state index is -0.805. The summed E-state index contributed by atoms with van der Waals surface area (Å²) in [5.74, 6) is -1.25. The number of carbonyl (C=O) groups excluding carboxylic acids is 1. The second-order valence-electron chi connectivity index (χ2n) is 6.30. The van der Waals surface area contributed by atoms with E-state index < -0.39 is 23.6 Å². The number of amides is 1. The van der Waals surface area contributed by atoms with Crippen LogP contribution in [0.15, 0.2) is 30.3 Å². The van der Waals surface area contributed by atoms with Gasteiger partial charge in [-0.2, -0.15) is 0 Å². The van der Waals surface area contributed by atoms with Crippen molar-refractivity contribution in [3.63, 3.8) is 0 Å². The fourth-order valence-corrected chi connectivity index (χ4v) is 2.06. The maximum absolute atomic E-state index is 11.5. The Morgan fingerprint density at radius 3 is 2.41 bits per heavy atom. The number of hydrogen-bond acceptors (Lipinski definition) is 3. The van der Waals surface area contributed by atoms with Gasteiger partial charge in [0, 0.05) is 6.54 Å². The normalized spacial score (nSPS) is 12.5. The Balaban J connectivity index is 2.34. The highest BCUT2D eigenvalue weighted by Crippen LogP contribution is 2.14. The molecule has 0 bridgehead atoms. The van der Waals surface area contributed by atoms with Crippen molar-refractivity contribution >= 4 is 12.1 Å². The average molecular weight is 307 g/mol. The Labute approximate surface area is 131 Å². The van der Waals surface area contributed by atoms with Crippen LogP contribution in [-0.2, 0) is 16.0 Å². The van der Waals surface area contributed by atoms with E-state index in [1.165, 1.54) is 0 Å². The van der Waals surface area contributed by atoms with Crippen LogP contribution >= 0.6 is 0 Å². The second-order valence-corrected chi connectivity index (χ2v) is 6.30. The monoisotopic (exact) mass is 307 g/mol. The molecule has 0 aliphatic rings. The number of carboxylic acid groups (broad SMARTS) is 1. The van der Waals surface area contributed by atoms with Crippen LogP contribution in [0.2, 0.25) is 0 Å². The Morgan fingerprint density at radius 1 is 1.23 bits per heavy atom. The molecule has 122 valence electrons. The lowest BCUT2D eigenvalue weighted by Crippen LogP contribution is -2.33. The van der Waals surface area contributed by atoms with Crippen LogP contribution in [-0.4, -0.2) is 29.3 Å². The van der Waals surface area contributed by atoms with Crippen LogP contribution in [0, 0.1) is 5.92 Å². The van der Waals surface area contributed by atoms with Crippen molar-refractivity contribution in [2.24, 2.45) is 5.92 Å². The fourth-order valence-electron chi connectivity index (χ4n) is 2.06. The van der Waals surface area contributed by atoms with Gasteiger partial charge in [-0.25, -0.2) is 4.79 Å². The van der Waals surface area contributed by atoms with E-state index in [4.69, 9.17) is 4.74 Å². The first-order valence-electron chi connectivity index (χ1n) is 7.51. The summed E-state index contributed by atoms with van der Waals surface area (Å²) in [6.07, 6.45) is 1.15. The summed E-state index contributed by atoms with van der Waals surface area (Å²) in [6.45, 7) is 5.81. The smallest absolute Gasteiger partial charge is 0.407 e. The van der Waals surface area contributed by atoms with Gasteiger partial charge in [0.15, 0.2) is 0 Å². The zero-order valence-electron chi connectivity index (χ0n) is 13.5. The minimum absolute atomic E-state index is 0.410. The molecule has 22 heavy (non-hydrogen) atoms. The number of alkyl carbamates (subject to hydrolysis) is 1. The van der Waals surface area contributed by atoms with E-state index in [0.29, 0.717) is 25.8 Å². The molecule has 2 N–H and O–H groups in total. The van der Waals surface area contributed by atoms with Crippen molar-refractivity contribution in [1.29, 1.82) is 0 Å². The van der Waals surface area contributed by atoms with E-state index in [1.807, 2.05) is 30.3 Å². The first kappa shape index (κ1) is 18.0. The molecule has 1 amide bonds. The van der Waals surface area contributed by atoms with Gasteiger partial charge in [0.2, 0.25) is 0 Å². The Hall–Kier alpha value is -2.04.